The van der Waals surface area contributed by atoms with Crippen molar-refractivity contribution in [2.45, 2.75) is 25.9 Å². The van der Waals surface area contributed by atoms with Crippen molar-refractivity contribution in [3.05, 3.63) is 29.8 Å². The Labute approximate surface area is 104 Å². The number of nitrogens with zero attached hydrogens (tertiary/aromatic N) is 2. The second-order valence-electron chi connectivity index (χ2n) is 5.69. The molecule has 0 aliphatic carbocycles. The Balaban J connectivity index is 1.98. The first-order chi connectivity index (χ1) is 7.97. The minimum atomic E-state index is 0.270. The van der Waals surface area contributed by atoms with Gasteiger partial charge in [-0.1, -0.05) is 12.1 Å². The van der Waals surface area contributed by atoms with E-state index in [1.165, 1.54) is 5.56 Å². The topological polar surface area (TPSA) is 32.5 Å². The molecule has 0 aromatic heterocycles. The van der Waals surface area contributed by atoms with Gasteiger partial charge in [-0.05, 0) is 38.6 Å². The van der Waals surface area contributed by atoms with Gasteiger partial charge in [0.25, 0.3) is 0 Å². The summed E-state index contributed by atoms with van der Waals surface area (Å²) < 4.78 is 0. The van der Waals surface area contributed by atoms with E-state index in [9.17, 15) is 0 Å². The van der Waals surface area contributed by atoms with Gasteiger partial charge in [0.1, 0.15) is 0 Å². The van der Waals surface area contributed by atoms with Gasteiger partial charge >= 0.3 is 0 Å². The van der Waals surface area contributed by atoms with Crippen molar-refractivity contribution in [3.8, 4) is 0 Å². The molecule has 3 heteroatoms. The van der Waals surface area contributed by atoms with Gasteiger partial charge in [0, 0.05) is 37.4 Å². The molecule has 1 heterocycles. The largest absolute Gasteiger partial charge is 0.399 e. The average molecular weight is 233 g/mol. The van der Waals surface area contributed by atoms with Gasteiger partial charge in [-0.2, -0.15) is 0 Å². The smallest absolute Gasteiger partial charge is 0.0314 e. The molecule has 17 heavy (non-hydrogen) atoms. The molecule has 1 aliphatic rings. The summed E-state index contributed by atoms with van der Waals surface area (Å²) in [5.74, 6) is 0. The molecule has 0 atom stereocenters. The molecular weight excluding hydrogens is 210 g/mol. The van der Waals surface area contributed by atoms with Crippen LogP contribution in [0.1, 0.15) is 19.4 Å². The van der Waals surface area contributed by atoms with E-state index in [0.29, 0.717) is 0 Å². The van der Waals surface area contributed by atoms with E-state index in [-0.39, 0.29) is 5.54 Å². The van der Waals surface area contributed by atoms with Crippen LogP contribution in [0.3, 0.4) is 0 Å². The number of nitrogens with two attached hydrogens (primary N) is 1. The molecule has 2 rings (SSSR count). The maximum Gasteiger partial charge on any atom is 0.0314 e. The minimum absolute atomic E-state index is 0.270. The molecule has 0 radical (unpaired) electrons. The van der Waals surface area contributed by atoms with Gasteiger partial charge < -0.3 is 5.73 Å². The molecule has 94 valence electrons. The van der Waals surface area contributed by atoms with Crippen LogP contribution in [0.5, 0.6) is 0 Å². The molecule has 2 N–H and O–H groups in total. The summed E-state index contributed by atoms with van der Waals surface area (Å²) in [5, 5.41) is 0. The van der Waals surface area contributed by atoms with Crippen molar-refractivity contribution in [3.63, 3.8) is 0 Å². The molecule has 1 saturated heterocycles. The third kappa shape index (κ3) is 2.99. The lowest BCUT2D eigenvalue weighted by Gasteiger charge is -2.45. The number of hydrogen-bond donors (Lipinski definition) is 1. The Hall–Kier alpha value is -1.06. The van der Waals surface area contributed by atoms with Gasteiger partial charge in [0.05, 0.1) is 0 Å². The van der Waals surface area contributed by atoms with E-state index in [1.54, 1.807) is 0 Å². The first-order valence-electron chi connectivity index (χ1n) is 6.25. The number of anilines is 1. The molecule has 0 amide bonds. The van der Waals surface area contributed by atoms with E-state index in [1.807, 2.05) is 12.1 Å². The first-order valence-corrected chi connectivity index (χ1v) is 6.25. The van der Waals surface area contributed by atoms with E-state index < -0.39 is 0 Å². The van der Waals surface area contributed by atoms with Crippen molar-refractivity contribution in [1.82, 2.24) is 9.80 Å². The molecule has 0 unspecified atom stereocenters. The highest BCUT2D eigenvalue weighted by molar-refractivity contribution is 5.39. The molecule has 1 aromatic rings. The van der Waals surface area contributed by atoms with Crippen molar-refractivity contribution in [2.24, 2.45) is 0 Å². The number of rotatable bonds is 2. The van der Waals surface area contributed by atoms with E-state index in [4.69, 9.17) is 5.73 Å². The standard InChI is InChI=1S/C14H23N3/c1-14(2)11-17(9-8-16(14)3)10-12-4-6-13(15)7-5-12/h4-7H,8-11,15H2,1-3H3. The molecule has 1 fully saturated rings. The molecule has 0 spiro atoms. The maximum atomic E-state index is 5.70. The van der Waals surface area contributed by atoms with Gasteiger partial charge in [-0.3, -0.25) is 9.80 Å². The molecule has 0 saturated carbocycles. The minimum Gasteiger partial charge on any atom is -0.399 e. The number of piperazine rings is 1. The van der Waals surface area contributed by atoms with Crippen LogP contribution in [0.25, 0.3) is 0 Å². The Morgan fingerprint density at radius 2 is 1.82 bits per heavy atom. The number of nitrogen functional groups attached to an aromatic ring is 1. The van der Waals surface area contributed by atoms with Crippen molar-refractivity contribution < 1.29 is 0 Å². The fourth-order valence-corrected chi connectivity index (χ4v) is 2.36. The highest BCUT2D eigenvalue weighted by Gasteiger charge is 2.30. The zero-order valence-corrected chi connectivity index (χ0v) is 11.1. The lowest BCUT2D eigenvalue weighted by Crippen LogP contribution is -2.57. The van der Waals surface area contributed by atoms with Crippen molar-refractivity contribution in [2.75, 3.05) is 32.4 Å². The second kappa shape index (κ2) is 4.67. The zero-order valence-electron chi connectivity index (χ0n) is 11.1. The van der Waals surface area contributed by atoms with Crippen molar-refractivity contribution >= 4 is 5.69 Å². The average Bonchev–Trinajstić information content (AvgIpc) is 2.26. The predicted molar refractivity (Wildman–Crippen MR) is 72.8 cm³/mol. The highest BCUT2D eigenvalue weighted by atomic mass is 15.3. The fourth-order valence-electron chi connectivity index (χ4n) is 2.36. The van der Waals surface area contributed by atoms with Crippen LogP contribution in [0.2, 0.25) is 0 Å². The first kappa shape index (κ1) is 12.4. The zero-order chi connectivity index (χ0) is 12.5. The van der Waals surface area contributed by atoms with Crippen LogP contribution in [0.15, 0.2) is 24.3 Å². The van der Waals surface area contributed by atoms with Gasteiger partial charge in [0.15, 0.2) is 0 Å². The molecule has 1 aromatic carbocycles. The molecular formula is C14H23N3. The SMILES string of the molecule is CN1CCN(Cc2ccc(N)cc2)CC1(C)C. The fraction of sp³-hybridized carbons (Fsp3) is 0.571. The van der Waals surface area contributed by atoms with E-state index >= 15 is 0 Å². The Bertz CT molecular complexity index is 370. The third-order valence-electron chi connectivity index (χ3n) is 3.78. The maximum absolute atomic E-state index is 5.70. The Morgan fingerprint density at radius 1 is 1.18 bits per heavy atom. The Morgan fingerprint density at radius 3 is 2.41 bits per heavy atom. The van der Waals surface area contributed by atoms with Crippen LogP contribution in [-0.2, 0) is 6.54 Å². The molecule has 1 aliphatic heterocycles. The van der Waals surface area contributed by atoms with Crippen LogP contribution in [-0.4, -0.2) is 42.0 Å². The summed E-state index contributed by atoms with van der Waals surface area (Å²) in [7, 11) is 2.21. The quantitative estimate of drug-likeness (QED) is 0.791. The molecule has 3 nitrogen and oxygen atoms in total. The number of likely N-dealkylation sites (N-methyl/N-ethyl adjacent to an activating group) is 1. The Kier molecular flexibility index (Phi) is 3.40. The summed E-state index contributed by atoms with van der Waals surface area (Å²) in [6, 6.07) is 8.22. The normalized spacial score (nSPS) is 21.6. The molecule has 0 bridgehead atoms. The lowest BCUT2D eigenvalue weighted by atomic mass is 9.99. The number of benzene rings is 1. The monoisotopic (exact) mass is 233 g/mol. The predicted octanol–water partition coefficient (Wildman–Crippen LogP) is 1.79. The van der Waals surface area contributed by atoms with Crippen molar-refractivity contribution in [1.29, 1.82) is 0 Å². The summed E-state index contributed by atoms with van der Waals surface area (Å²) in [5.41, 5.74) is 8.16. The second-order valence-corrected chi connectivity index (χ2v) is 5.69. The van der Waals surface area contributed by atoms with Crippen LogP contribution >= 0.6 is 0 Å². The highest BCUT2D eigenvalue weighted by Crippen LogP contribution is 2.20. The summed E-state index contributed by atoms with van der Waals surface area (Å²) in [6.07, 6.45) is 0. The third-order valence-corrected chi connectivity index (χ3v) is 3.78. The summed E-state index contributed by atoms with van der Waals surface area (Å²) in [6.45, 7) is 9.04. The van der Waals surface area contributed by atoms with E-state index in [0.717, 1.165) is 31.9 Å². The summed E-state index contributed by atoms with van der Waals surface area (Å²) >= 11 is 0. The van der Waals surface area contributed by atoms with E-state index in [2.05, 4.69) is 42.8 Å². The summed E-state index contributed by atoms with van der Waals surface area (Å²) in [4.78, 5) is 4.96. The van der Waals surface area contributed by atoms with Crippen LogP contribution < -0.4 is 5.73 Å². The van der Waals surface area contributed by atoms with Crippen LogP contribution in [0, 0.1) is 0 Å². The van der Waals surface area contributed by atoms with Gasteiger partial charge in [0.2, 0.25) is 0 Å². The lowest BCUT2D eigenvalue weighted by molar-refractivity contribution is 0.0360. The van der Waals surface area contributed by atoms with Gasteiger partial charge in [-0.25, -0.2) is 0 Å². The van der Waals surface area contributed by atoms with Gasteiger partial charge in [-0.15, -0.1) is 0 Å². The van der Waals surface area contributed by atoms with Crippen LogP contribution in [0.4, 0.5) is 5.69 Å². The number of hydrogen-bond acceptors (Lipinski definition) is 3.